The molecule has 1 aliphatic rings. The Morgan fingerprint density at radius 1 is 1.56 bits per heavy atom. The van der Waals surface area contributed by atoms with Crippen LogP contribution in [0.1, 0.15) is 19.6 Å². The molecule has 0 aromatic heterocycles. The van der Waals surface area contributed by atoms with Crippen molar-refractivity contribution in [3.8, 4) is 0 Å². The van der Waals surface area contributed by atoms with Gasteiger partial charge >= 0.3 is 6.03 Å². The number of hydrogen-bond donors (Lipinski definition) is 2. The lowest BCUT2D eigenvalue weighted by Crippen LogP contribution is -2.62. The number of imide groups is 2. The Labute approximate surface area is 108 Å². The Morgan fingerprint density at radius 2 is 2.12 bits per heavy atom. The Hall–Kier alpha value is -1.43. The van der Waals surface area contributed by atoms with Crippen LogP contribution in [0.4, 0.5) is 4.79 Å². The van der Waals surface area contributed by atoms with Crippen LogP contribution in [-0.2, 0) is 9.59 Å². The Morgan fingerprint density at radius 3 is 2.56 bits per heavy atom. The molecule has 6 heteroatoms. The molecule has 86 valence electrons. The Balaban J connectivity index is 3.58. The van der Waals surface area contributed by atoms with Gasteiger partial charge in [0, 0.05) is 9.16 Å². The van der Waals surface area contributed by atoms with Crippen molar-refractivity contribution in [1.82, 2.24) is 10.6 Å². The van der Waals surface area contributed by atoms with Crippen LogP contribution in [0.15, 0.2) is 23.6 Å². The quantitative estimate of drug-likeness (QED) is 0.604. The Kier molecular flexibility index (Phi) is 2.02. The van der Waals surface area contributed by atoms with E-state index in [9.17, 15) is 14.4 Å². The highest BCUT2D eigenvalue weighted by molar-refractivity contribution is 9.11. The first-order chi connectivity index (χ1) is 9.46. The lowest BCUT2D eigenvalue weighted by atomic mass is 9.78. The average molecular weight is 292 g/mol. The van der Waals surface area contributed by atoms with Gasteiger partial charge in [0.05, 0.1) is 4.11 Å². The summed E-state index contributed by atoms with van der Waals surface area (Å²) in [6.45, 7) is 2.25. The summed E-state index contributed by atoms with van der Waals surface area (Å²) in [6.07, 6.45) is -3.54. The predicted molar refractivity (Wildman–Crippen MR) is 61.6 cm³/mol. The van der Waals surface area contributed by atoms with E-state index in [2.05, 4.69) is 22.5 Å². The zero-order valence-corrected chi connectivity index (χ0v) is 9.60. The summed E-state index contributed by atoms with van der Waals surface area (Å²) < 4.78 is 37.5. The zero-order valence-electron chi connectivity index (χ0n) is 13.0. The van der Waals surface area contributed by atoms with Crippen LogP contribution in [0.5, 0.6) is 0 Å². The summed E-state index contributed by atoms with van der Waals surface area (Å²) in [5.41, 5.74) is -2.52. The van der Waals surface area contributed by atoms with Crippen molar-refractivity contribution in [2.45, 2.75) is 12.8 Å². The molecular formula is C10H11BrN2O3. The number of halogens is 1. The smallest absolute Gasteiger partial charge is 0.277 e. The molecule has 0 atom stereocenters. The normalized spacial score (nSPS) is 23.8. The third-order valence-corrected chi connectivity index (χ3v) is 2.24. The van der Waals surface area contributed by atoms with Crippen molar-refractivity contribution in [3.05, 3.63) is 23.6 Å². The van der Waals surface area contributed by atoms with E-state index >= 15 is 0 Å². The molecule has 1 rings (SSSR count). The van der Waals surface area contributed by atoms with Crippen molar-refractivity contribution >= 4 is 33.8 Å². The van der Waals surface area contributed by atoms with Gasteiger partial charge in [-0.25, -0.2) is 4.79 Å². The molecule has 0 spiro atoms. The van der Waals surface area contributed by atoms with E-state index in [-0.39, 0.29) is 4.48 Å². The van der Waals surface area contributed by atoms with Crippen LogP contribution in [-0.4, -0.2) is 17.8 Å². The van der Waals surface area contributed by atoms with E-state index in [0.717, 1.165) is 0 Å². The molecule has 1 fully saturated rings. The number of barbiturate groups is 1. The van der Waals surface area contributed by atoms with Crippen LogP contribution < -0.4 is 10.6 Å². The van der Waals surface area contributed by atoms with E-state index in [1.807, 2.05) is 0 Å². The molecule has 16 heavy (non-hydrogen) atoms. The van der Waals surface area contributed by atoms with E-state index in [1.54, 1.807) is 10.6 Å². The first-order valence-corrected chi connectivity index (χ1v) is 4.91. The van der Waals surface area contributed by atoms with Crippen molar-refractivity contribution < 1.29 is 21.2 Å². The SMILES string of the molecule is [2H]C([2H])=C([2H])C([2H])([2H])C1(CC(=C)Br)C(=O)NC(=O)NC1=O. The molecule has 1 heterocycles. The van der Waals surface area contributed by atoms with Gasteiger partial charge in [0.2, 0.25) is 11.8 Å². The third kappa shape index (κ3) is 2.21. The number of nitrogens with one attached hydrogen (secondary N) is 2. The minimum absolute atomic E-state index is 0.0790. The van der Waals surface area contributed by atoms with Gasteiger partial charge in [0.15, 0.2) is 0 Å². The highest BCUT2D eigenvalue weighted by Crippen LogP contribution is 2.34. The number of allylic oxidation sites excluding steroid dienone is 2. The van der Waals surface area contributed by atoms with Crippen LogP contribution in [0.25, 0.3) is 0 Å². The molecule has 0 aromatic carbocycles. The highest BCUT2D eigenvalue weighted by atomic mass is 79.9. The molecule has 0 aliphatic carbocycles. The lowest BCUT2D eigenvalue weighted by Gasteiger charge is -2.32. The number of rotatable bonds is 4. The number of carbonyl (C=O) groups excluding carboxylic acids is 3. The van der Waals surface area contributed by atoms with Gasteiger partial charge in [-0.05, 0) is 10.9 Å². The number of carbonyl (C=O) groups is 3. The summed E-state index contributed by atoms with van der Waals surface area (Å²) >= 11 is 2.92. The second kappa shape index (κ2) is 4.61. The molecule has 5 nitrogen and oxygen atoms in total. The van der Waals surface area contributed by atoms with Crippen molar-refractivity contribution in [2.75, 3.05) is 0 Å². The second-order valence-corrected chi connectivity index (χ2v) is 4.21. The molecule has 0 radical (unpaired) electrons. The van der Waals surface area contributed by atoms with Crippen molar-refractivity contribution in [2.24, 2.45) is 5.41 Å². The summed E-state index contributed by atoms with van der Waals surface area (Å²) in [6, 6.07) is -2.26. The first-order valence-electron chi connectivity index (χ1n) is 6.61. The van der Waals surface area contributed by atoms with Crippen LogP contribution in [0.2, 0.25) is 0 Å². The lowest BCUT2D eigenvalue weighted by molar-refractivity contribution is -0.144. The van der Waals surface area contributed by atoms with Gasteiger partial charge in [-0.2, -0.15) is 0 Å². The summed E-state index contributed by atoms with van der Waals surface area (Å²) in [4.78, 5) is 35.4. The third-order valence-electron chi connectivity index (χ3n) is 1.96. The second-order valence-electron chi connectivity index (χ2n) is 3.09. The molecule has 1 saturated heterocycles. The maximum absolute atomic E-state index is 12.1. The molecule has 4 amide bonds. The molecule has 2 N–H and O–H groups in total. The molecule has 0 saturated carbocycles. The van der Waals surface area contributed by atoms with Crippen LogP contribution in [0, 0.1) is 5.41 Å². The van der Waals surface area contributed by atoms with Gasteiger partial charge in [-0.3, -0.25) is 20.2 Å². The standard InChI is InChI=1S/C10H11BrN2O3/c1-3-4-10(5-6(2)11)7(14)12-9(16)13-8(10)15/h3H,1-2,4-5H2,(H2,12,13,14,15,16)/i1D2,3D,4D2. The summed E-state index contributed by atoms with van der Waals surface area (Å²) in [5.74, 6) is -2.51. The van der Waals surface area contributed by atoms with Gasteiger partial charge < -0.3 is 0 Å². The fourth-order valence-corrected chi connectivity index (χ4v) is 1.69. The van der Waals surface area contributed by atoms with Gasteiger partial charge in [0.25, 0.3) is 0 Å². The average Bonchev–Trinajstić information content (AvgIpc) is 2.31. The topological polar surface area (TPSA) is 75.3 Å². The van der Waals surface area contributed by atoms with E-state index < -0.39 is 48.6 Å². The van der Waals surface area contributed by atoms with Crippen LogP contribution in [0.3, 0.4) is 0 Å². The summed E-state index contributed by atoms with van der Waals surface area (Å²) in [7, 11) is 0. The summed E-state index contributed by atoms with van der Waals surface area (Å²) in [5, 5.41) is 3.53. The first kappa shape index (κ1) is 7.01. The van der Waals surface area contributed by atoms with Gasteiger partial charge in [0.1, 0.15) is 5.41 Å². The van der Waals surface area contributed by atoms with E-state index in [0.29, 0.717) is 0 Å². The van der Waals surface area contributed by atoms with Gasteiger partial charge in [-0.15, -0.1) is 6.53 Å². The fraction of sp³-hybridized carbons (Fsp3) is 0.300. The largest absolute Gasteiger partial charge is 0.328 e. The van der Waals surface area contributed by atoms with Crippen molar-refractivity contribution in [3.63, 3.8) is 0 Å². The van der Waals surface area contributed by atoms with E-state index in [4.69, 9.17) is 6.85 Å². The van der Waals surface area contributed by atoms with E-state index in [1.165, 1.54) is 0 Å². The van der Waals surface area contributed by atoms with Crippen molar-refractivity contribution in [1.29, 1.82) is 0 Å². The molecule has 0 unspecified atom stereocenters. The van der Waals surface area contributed by atoms with Gasteiger partial charge in [-0.1, -0.05) is 28.6 Å². The number of urea groups is 1. The maximum atomic E-state index is 12.1. The minimum atomic E-state index is -2.99. The molecule has 1 aliphatic heterocycles. The predicted octanol–water partition coefficient (Wildman–Crippen LogP) is 1.21. The molecule has 0 aromatic rings. The minimum Gasteiger partial charge on any atom is -0.277 e. The monoisotopic (exact) mass is 291 g/mol. The fourth-order valence-electron chi connectivity index (χ4n) is 1.27. The molecule has 0 bridgehead atoms. The number of hydrogen-bond acceptors (Lipinski definition) is 3. The maximum Gasteiger partial charge on any atom is 0.328 e. The molecular weight excluding hydrogens is 276 g/mol. The van der Waals surface area contributed by atoms with Crippen LogP contribution >= 0.6 is 15.9 Å². The number of amides is 4. The highest BCUT2D eigenvalue weighted by Gasteiger charge is 2.49. The Bertz CT molecular complexity index is 551. The zero-order chi connectivity index (χ0) is 16.6.